The Morgan fingerprint density at radius 1 is 0.765 bits per heavy atom. The summed E-state index contributed by atoms with van der Waals surface area (Å²) >= 11 is 0. The molecule has 0 bridgehead atoms. The summed E-state index contributed by atoms with van der Waals surface area (Å²) in [4.78, 5) is 0. The van der Waals surface area contributed by atoms with Crippen molar-refractivity contribution < 1.29 is 0 Å². The van der Waals surface area contributed by atoms with Crippen molar-refractivity contribution in [2.45, 2.75) is 77.0 Å². The molecule has 96 valence electrons. The van der Waals surface area contributed by atoms with Crippen molar-refractivity contribution in [3.8, 4) is 0 Å². The van der Waals surface area contributed by atoms with E-state index in [2.05, 4.69) is 0 Å². The summed E-state index contributed by atoms with van der Waals surface area (Å²) in [7, 11) is 0. The van der Waals surface area contributed by atoms with Crippen molar-refractivity contribution in [3.05, 3.63) is 0 Å². The van der Waals surface area contributed by atoms with Crippen molar-refractivity contribution in [1.29, 1.82) is 0 Å². The Bertz CT molecular complexity index is 270. The lowest BCUT2D eigenvalue weighted by atomic mass is 9.76. The predicted octanol–water partition coefficient (Wildman–Crippen LogP) is 5.17. The van der Waals surface area contributed by atoms with Crippen LogP contribution in [0, 0.1) is 29.1 Å². The molecule has 0 N–H and O–H groups in total. The fourth-order valence-corrected chi connectivity index (χ4v) is 6.17. The standard InChI is InChI=1S/C17H28/c1-2-8-15-14(7-1)16(15)9-12-17-10-3-5-13(17)6-4-11-17/h13-16H,1-12H2. The van der Waals surface area contributed by atoms with Crippen molar-refractivity contribution >= 4 is 0 Å². The van der Waals surface area contributed by atoms with Crippen LogP contribution in [-0.2, 0) is 0 Å². The second-order valence-corrected chi connectivity index (χ2v) is 7.66. The first-order valence-corrected chi connectivity index (χ1v) is 8.39. The Labute approximate surface area is 107 Å². The molecule has 2 atom stereocenters. The van der Waals surface area contributed by atoms with Gasteiger partial charge < -0.3 is 0 Å². The van der Waals surface area contributed by atoms with Gasteiger partial charge in [-0.05, 0) is 80.5 Å². The molecule has 0 aromatic carbocycles. The van der Waals surface area contributed by atoms with Crippen LogP contribution in [0.1, 0.15) is 77.0 Å². The fraction of sp³-hybridized carbons (Fsp3) is 1.00. The summed E-state index contributed by atoms with van der Waals surface area (Å²) in [6, 6.07) is 0. The second-order valence-electron chi connectivity index (χ2n) is 7.66. The van der Waals surface area contributed by atoms with Gasteiger partial charge in [0.1, 0.15) is 0 Å². The Morgan fingerprint density at radius 3 is 2.06 bits per heavy atom. The molecular weight excluding hydrogens is 204 g/mol. The number of hydrogen-bond donors (Lipinski definition) is 0. The molecule has 4 fully saturated rings. The predicted molar refractivity (Wildman–Crippen MR) is 71.8 cm³/mol. The molecule has 4 rings (SSSR count). The van der Waals surface area contributed by atoms with Crippen LogP contribution in [0.4, 0.5) is 0 Å². The van der Waals surface area contributed by atoms with Crippen LogP contribution < -0.4 is 0 Å². The quantitative estimate of drug-likeness (QED) is 0.629. The molecular formula is C17H28. The Balaban J connectivity index is 1.36. The lowest BCUT2D eigenvalue weighted by Gasteiger charge is -2.29. The van der Waals surface area contributed by atoms with E-state index in [9.17, 15) is 0 Å². The van der Waals surface area contributed by atoms with Gasteiger partial charge in [0, 0.05) is 0 Å². The average molecular weight is 232 g/mol. The molecule has 0 amide bonds. The number of fused-ring (bicyclic) bond motifs is 2. The molecule has 0 spiro atoms. The van der Waals surface area contributed by atoms with E-state index in [1.165, 1.54) is 17.8 Å². The summed E-state index contributed by atoms with van der Waals surface area (Å²) in [6.45, 7) is 0. The summed E-state index contributed by atoms with van der Waals surface area (Å²) in [5, 5.41) is 0. The number of hydrogen-bond acceptors (Lipinski definition) is 0. The molecule has 17 heavy (non-hydrogen) atoms. The lowest BCUT2D eigenvalue weighted by molar-refractivity contribution is 0.208. The van der Waals surface area contributed by atoms with Gasteiger partial charge in [-0.15, -0.1) is 0 Å². The average Bonchev–Trinajstić information content (AvgIpc) is 2.69. The first kappa shape index (κ1) is 10.9. The first-order valence-electron chi connectivity index (χ1n) is 8.39. The molecule has 2 unspecified atom stereocenters. The summed E-state index contributed by atoms with van der Waals surface area (Å²) < 4.78 is 0. The minimum atomic E-state index is 0.867. The van der Waals surface area contributed by atoms with Gasteiger partial charge in [0.25, 0.3) is 0 Å². The summed E-state index contributed by atoms with van der Waals surface area (Å²) in [5.41, 5.74) is 0.867. The van der Waals surface area contributed by atoms with Gasteiger partial charge in [0.05, 0.1) is 0 Å². The van der Waals surface area contributed by atoms with Crippen molar-refractivity contribution in [3.63, 3.8) is 0 Å². The normalized spacial score (nSPS) is 52.2. The van der Waals surface area contributed by atoms with E-state index in [4.69, 9.17) is 0 Å². The molecule has 0 nitrogen and oxygen atoms in total. The Morgan fingerprint density at radius 2 is 1.41 bits per heavy atom. The highest BCUT2D eigenvalue weighted by molar-refractivity contribution is 5.02. The van der Waals surface area contributed by atoms with E-state index < -0.39 is 0 Å². The minimum Gasteiger partial charge on any atom is -0.0530 e. The monoisotopic (exact) mass is 232 g/mol. The van der Waals surface area contributed by atoms with Crippen LogP contribution in [0.5, 0.6) is 0 Å². The van der Waals surface area contributed by atoms with Crippen molar-refractivity contribution in [2.24, 2.45) is 29.1 Å². The highest BCUT2D eigenvalue weighted by Gasteiger charge is 2.52. The van der Waals surface area contributed by atoms with E-state index in [-0.39, 0.29) is 0 Å². The van der Waals surface area contributed by atoms with E-state index in [0.29, 0.717) is 0 Å². The van der Waals surface area contributed by atoms with Gasteiger partial charge in [-0.25, -0.2) is 0 Å². The highest BCUT2D eigenvalue weighted by atomic mass is 14.6. The van der Waals surface area contributed by atoms with E-state index in [1.54, 1.807) is 77.0 Å². The van der Waals surface area contributed by atoms with E-state index >= 15 is 0 Å². The summed E-state index contributed by atoms with van der Waals surface area (Å²) in [5.74, 6) is 4.74. The van der Waals surface area contributed by atoms with E-state index in [0.717, 1.165) is 11.3 Å². The lowest BCUT2D eigenvalue weighted by Crippen LogP contribution is -2.19. The zero-order valence-corrected chi connectivity index (χ0v) is 11.3. The molecule has 0 heterocycles. The van der Waals surface area contributed by atoms with Gasteiger partial charge in [-0.3, -0.25) is 0 Å². The second kappa shape index (κ2) is 4.00. The third kappa shape index (κ3) is 1.70. The SMILES string of the molecule is C1CCC2C(C1)C2CCC12CCCC1CCC2. The molecule has 0 radical (unpaired) electrons. The Kier molecular flexibility index (Phi) is 2.56. The largest absolute Gasteiger partial charge is 0.0530 e. The fourth-order valence-electron chi connectivity index (χ4n) is 6.17. The summed E-state index contributed by atoms with van der Waals surface area (Å²) in [6.07, 6.45) is 19.0. The third-order valence-electron chi connectivity index (χ3n) is 7.13. The van der Waals surface area contributed by atoms with Crippen molar-refractivity contribution in [2.75, 3.05) is 0 Å². The highest BCUT2D eigenvalue weighted by Crippen LogP contribution is 2.62. The van der Waals surface area contributed by atoms with E-state index in [1.807, 2.05) is 0 Å². The van der Waals surface area contributed by atoms with Gasteiger partial charge in [-0.1, -0.05) is 25.7 Å². The van der Waals surface area contributed by atoms with Crippen LogP contribution in [0.3, 0.4) is 0 Å². The van der Waals surface area contributed by atoms with Gasteiger partial charge >= 0.3 is 0 Å². The molecule has 0 aromatic rings. The minimum absolute atomic E-state index is 0.867. The zero-order chi connectivity index (χ0) is 11.3. The van der Waals surface area contributed by atoms with Crippen LogP contribution in [-0.4, -0.2) is 0 Å². The van der Waals surface area contributed by atoms with Gasteiger partial charge in [0.15, 0.2) is 0 Å². The zero-order valence-electron chi connectivity index (χ0n) is 11.3. The molecule has 0 heteroatoms. The molecule has 0 saturated heterocycles. The van der Waals surface area contributed by atoms with Crippen LogP contribution in [0.15, 0.2) is 0 Å². The topological polar surface area (TPSA) is 0 Å². The van der Waals surface area contributed by atoms with Crippen LogP contribution >= 0.6 is 0 Å². The smallest absolute Gasteiger partial charge is 0.0269 e. The van der Waals surface area contributed by atoms with Gasteiger partial charge in [0.2, 0.25) is 0 Å². The first-order chi connectivity index (χ1) is 8.39. The number of rotatable bonds is 3. The maximum absolute atomic E-state index is 1.62. The van der Waals surface area contributed by atoms with Crippen LogP contribution in [0.2, 0.25) is 0 Å². The molecule has 4 saturated carbocycles. The maximum atomic E-state index is 1.62. The maximum Gasteiger partial charge on any atom is -0.0269 e. The van der Waals surface area contributed by atoms with Crippen LogP contribution in [0.25, 0.3) is 0 Å². The molecule has 4 aliphatic carbocycles. The molecule has 0 aliphatic heterocycles. The Hall–Kier alpha value is 0. The van der Waals surface area contributed by atoms with Gasteiger partial charge in [-0.2, -0.15) is 0 Å². The third-order valence-corrected chi connectivity index (χ3v) is 7.13. The molecule has 4 aliphatic rings. The molecule has 0 aromatic heterocycles. The van der Waals surface area contributed by atoms with Crippen molar-refractivity contribution in [1.82, 2.24) is 0 Å².